The molecule has 10 nitrogen and oxygen atoms in total. The Morgan fingerprint density at radius 3 is 0.845 bits per heavy atom. The molecular weight excluding hydrogens is 1670 g/mol. The second-order valence-corrected chi connectivity index (χ2v) is 43.2. The van der Waals surface area contributed by atoms with Crippen LogP contribution in [0.5, 0.6) is 0 Å². The molecule has 0 N–H and O–H groups in total. The number of thiophene rings is 4. The van der Waals surface area contributed by atoms with E-state index in [1.54, 1.807) is 0 Å². The third-order valence-corrected chi connectivity index (χ3v) is 34.3. The fourth-order valence-electron chi connectivity index (χ4n) is 21.4. The minimum Gasteiger partial charge on any atom is -0.337 e. The molecule has 0 bridgehead atoms. The van der Waals surface area contributed by atoms with Gasteiger partial charge in [0.25, 0.3) is 0 Å². The number of fused-ring (bicyclic) bond motifs is 16. The molecule has 0 fully saturated rings. The molecule has 7 heterocycles. The van der Waals surface area contributed by atoms with E-state index in [2.05, 4.69) is 87.1 Å². The highest BCUT2D eigenvalue weighted by molar-refractivity contribution is 7.34. The Hall–Kier alpha value is -7.34. The maximum Gasteiger partial charge on any atom is 0.194 e. The number of ketones is 2. The fourth-order valence-corrected chi connectivity index (χ4v) is 27.8. The van der Waals surface area contributed by atoms with Crippen molar-refractivity contribution in [3.05, 3.63) is 114 Å². The largest absolute Gasteiger partial charge is 0.337 e. The lowest BCUT2D eigenvalue weighted by atomic mass is 9.93. The molecular formula is C114H154N8O2S5. The number of Topliss-reactive ketones (excluding diaryl/α,β-unsaturated/α-hetero) is 2. The molecule has 3 aromatic carbocycles. The molecule has 12 rings (SSSR count). The first-order valence-electron chi connectivity index (χ1n) is 52.5. The van der Waals surface area contributed by atoms with Crippen LogP contribution in [0.1, 0.15) is 467 Å². The fraction of sp³-hybridized carbons (Fsp3) is 0.614. The van der Waals surface area contributed by atoms with Crippen LogP contribution in [0.2, 0.25) is 0 Å². The average Bonchev–Trinajstić information content (AvgIpc) is 1.50. The first-order valence-corrected chi connectivity index (χ1v) is 56.5. The van der Waals surface area contributed by atoms with Crippen LogP contribution in [0.4, 0.5) is 0 Å². The molecule has 0 saturated heterocycles. The van der Waals surface area contributed by atoms with E-state index in [0.717, 1.165) is 98.1 Å². The van der Waals surface area contributed by atoms with Gasteiger partial charge in [-0.3, -0.25) is 9.59 Å². The van der Waals surface area contributed by atoms with Crippen LogP contribution in [0.3, 0.4) is 0 Å². The Labute approximate surface area is 796 Å². The highest BCUT2D eigenvalue weighted by Crippen LogP contribution is 2.57. The predicted octanol–water partition coefficient (Wildman–Crippen LogP) is 37.7. The summed E-state index contributed by atoms with van der Waals surface area (Å²) in [4.78, 5) is 32.6. The Kier molecular flexibility index (Phi) is 42.7. The second kappa shape index (κ2) is 54.7. The lowest BCUT2D eigenvalue weighted by molar-refractivity contribution is 0.103. The number of carbonyl (C=O) groups is 2. The summed E-state index contributed by atoms with van der Waals surface area (Å²) in [6, 6.07) is 24.2. The van der Waals surface area contributed by atoms with Gasteiger partial charge < -0.3 is 9.13 Å². The van der Waals surface area contributed by atoms with Crippen LogP contribution in [0.15, 0.2) is 70.8 Å². The monoisotopic (exact) mass is 1830 g/mol. The number of hydrogen-bond acceptors (Lipinski definition) is 13. The molecule has 2 aliphatic rings. The molecule has 2 atom stereocenters. The zero-order valence-corrected chi connectivity index (χ0v) is 84.3. The van der Waals surface area contributed by atoms with Gasteiger partial charge in [-0.05, 0) is 97.6 Å². The van der Waals surface area contributed by atoms with E-state index in [1.165, 1.54) is 405 Å². The number of aryl methyl sites for hydroxylation is 2. The van der Waals surface area contributed by atoms with Crippen molar-refractivity contribution in [1.82, 2.24) is 17.9 Å². The zero-order chi connectivity index (χ0) is 90.3. The van der Waals surface area contributed by atoms with E-state index in [1.807, 2.05) is 93.9 Å². The number of rotatable bonds is 66. The molecule has 2 aliphatic carbocycles. The summed E-state index contributed by atoms with van der Waals surface area (Å²) in [6.45, 7) is 15.6. The maximum absolute atomic E-state index is 15.2. The minimum atomic E-state index is -0.134. The smallest absolute Gasteiger partial charge is 0.194 e. The lowest BCUT2D eigenvalue weighted by Crippen LogP contribution is -2.14. The summed E-state index contributed by atoms with van der Waals surface area (Å²) in [5.41, 5.74) is 13.7. The third kappa shape index (κ3) is 26.2. The second-order valence-electron chi connectivity index (χ2n) is 38.6. The molecule has 10 aromatic rings. The average molecular weight is 1830 g/mol. The Morgan fingerprint density at radius 2 is 0.574 bits per heavy atom. The van der Waals surface area contributed by atoms with Crippen molar-refractivity contribution < 1.29 is 9.59 Å². The molecule has 15 heteroatoms. The van der Waals surface area contributed by atoms with Crippen LogP contribution in [0, 0.1) is 57.2 Å². The van der Waals surface area contributed by atoms with Crippen LogP contribution in [-0.2, 0) is 25.9 Å². The predicted molar refractivity (Wildman–Crippen MR) is 560 cm³/mol. The highest BCUT2D eigenvalue weighted by Gasteiger charge is 2.38. The number of aromatic nitrogens is 4. The molecule has 7 aromatic heterocycles. The number of allylic oxidation sites excluding steroid dienone is 6. The third-order valence-electron chi connectivity index (χ3n) is 28.7. The van der Waals surface area contributed by atoms with Crippen LogP contribution >= 0.6 is 57.1 Å². The van der Waals surface area contributed by atoms with E-state index in [4.69, 9.17) is 8.75 Å². The summed E-state index contributed by atoms with van der Waals surface area (Å²) in [5.74, 6) is 0.533. The first kappa shape index (κ1) is 101. The van der Waals surface area contributed by atoms with Crippen molar-refractivity contribution in [2.24, 2.45) is 11.8 Å². The van der Waals surface area contributed by atoms with E-state index >= 15 is 9.59 Å². The van der Waals surface area contributed by atoms with Crippen LogP contribution in [-0.4, -0.2) is 29.4 Å². The quantitative estimate of drug-likeness (QED) is 0.0206. The number of unbranched alkanes of at least 4 members (excludes halogenated alkanes) is 48. The van der Waals surface area contributed by atoms with Gasteiger partial charge >= 0.3 is 0 Å². The SMILES string of the molecule is CCCCCCCCCCCCC(CCCCCCCCCC)Cn1c2c3sc(C=C4C(=O)c5ccccc5C4=C(C#N)C#N)c(CCCCCCCCCCC)c3sc2c2c3nsnc3c3c4sc5c(CCCCCCCCCCC)c(C=C6C(=O)c7ccccc7C6=C(C#N)C#N)sc5c4n(CC(CCCCCCCCCC)CCCCCCCCCCCC)c3c21. The highest BCUT2D eigenvalue weighted by atomic mass is 32.1. The van der Waals surface area contributed by atoms with E-state index in [9.17, 15) is 21.0 Å². The maximum atomic E-state index is 15.2. The van der Waals surface area contributed by atoms with E-state index < -0.39 is 0 Å². The Morgan fingerprint density at radius 1 is 0.318 bits per heavy atom. The van der Waals surface area contributed by atoms with E-state index in [-0.39, 0.29) is 22.7 Å². The summed E-state index contributed by atoms with van der Waals surface area (Å²) < 4.78 is 24.7. The molecule has 692 valence electrons. The van der Waals surface area contributed by atoms with E-state index in [0.29, 0.717) is 56.4 Å². The lowest BCUT2D eigenvalue weighted by Gasteiger charge is -2.22. The Balaban J connectivity index is 1.12. The normalized spacial score (nSPS) is 14.0. The van der Waals surface area contributed by atoms with Gasteiger partial charge in [-0.15, -0.1) is 45.3 Å². The van der Waals surface area contributed by atoms with Crippen molar-refractivity contribution >= 4 is 164 Å². The van der Waals surface area contributed by atoms with Gasteiger partial charge in [0, 0.05) is 67.0 Å². The van der Waals surface area contributed by atoms with Crippen molar-refractivity contribution in [2.45, 2.75) is 440 Å². The molecule has 0 saturated carbocycles. The molecule has 0 radical (unpaired) electrons. The molecule has 0 aliphatic heterocycles. The van der Waals surface area contributed by atoms with Gasteiger partial charge in [0.05, 0.1) is 62.0 Å². The van der Waals surface area contributed by atoms with Crippen LogP contribution in [0.25, 0.3) is 95.4 Å². The molecule has 0 spiro atoms. The van der Waals surface area contributed by atoms with Crippen molar-refractivity contribution in [2.75, 3.05) is 0 Å². The van der Waals surface area contributed by atoms with Gasteiger partial charge in [-0.25, -0.2) is 0 Å². The standard InChI is InChI=1S/C114H154N8O2S5/c1-7-13-19-25-31-37-41-45-51-57-67-83(65-55-49-43-35-29-23-17-11-5)81-121-103-99(111-105(121)113-109(127-111)91(73-59-53-47-39-33-27-21-15-9-3)95(125-113)75-93-97(85(77-115)78-116)87-69-61-63-71-89(87)107(93)123)101-102(120-129-119-101)100-104(103)122(82-84(66-56-50-44-36-30-24-18-12-6)68-58-52-46-42-38-32-26-20-14-8-2)106-112(100)128-110-92(74-60-54-48-40-34-28-22-16-10-4)96(126-114(106)110)76-94-98(86(79-117)80-118)88-70-62-64-72-90(88)108(94)124/h61-64,69-72,75-76,83-84H,7-60,65-68,73-74,81-82H2,1-6H3. The van der Waals surface area contributed by atoms with Crippen molar-refractivity contribution in [1.29, 1.82) is 21.0 Å². The van der Waals surface area contributed by atoms with Gasteiger partial charge in [0.2, 0.25) is 0 Å². The summed E-state index contributed by atoms with van der Waals surface area (Å²) in [5, 5.41) is 45.6. The number of nitrogens with zero attached hydrogens (tertiary/aromatic N) is 8. The number of carbonyl (C=O) groups excluding carboxylic acids is 2. The van der Waals surface area contributed by atoms with Gasteiger partial charge in [-0.1, -0.05) is 424 Å². The summed E-state index contributed by atoms with van der Waals surface area (Å²) in [7, 11) is 0. The zero-order valence-electron chi connectivity index (χ0n) is 80.2. The van der Waals surface area contributed by atoms with Crippen molar-refractivity contribution in [3.63, 3.8) is 0 Å². The number of nitriles is 4. The molecule has 129 heavy (non-hydrogen) atoms. The Bertz CT molecular complexity index is 5190. The van der Waals surface area contributed by atoms with Gasteiger partial charge in [0.15, 0.2) is 11.6 Å². The number of hydrogen-bond donors (Lipinski definition) is 0. The molecule has 2 unspecified atom stereocenters. The van der Waals surface area contributed by atoms with Gasteiger partial charge in [-0.2, -0.15) is 29.8 Å². The molecule has 0 amide bonds. The topological polar surface area (TPSA) is 165 Å². The first-order chi connectivity index (χ1) is 63.6. The van der Waals surface area contributed by atoms with Gasteiger partial charge in [0.1, 0.15) is 46.5 Å². The summed E-state index contributed by atoms with van der Waals surface area (Å²) >= 11 is 8.93. The van der Waals surface area contributed by atoms with Crippen LogP contribution < -0.4 is 0 Å². The summed E-state index contributed by atoms with van der Waals surface area (Å²) in [6.07, 6.45) is 79.0. The van der Waals surface area contributed by atoms with Crippen molar-refractivity contribution in [3.8, 4) is 24.3 Å². The minimum absolute atomic E-state index is 0.0312. The number of benzene rings is 3.